The Balaban J connectivity index is 1.36. The number of hydrogen-bond acceptors (Lipinski definition) is 4. The highest BCUT2D eigenvalue weighted by molar-refractivity contribution is 5.95. The van der Waals surface area contributed by atoms with Gasteiger partial charge in [0.05, 0.1) is 0 Å². The van der Waals surface area contributed by atoms with Crippen molar-refractivity contribution >= 4 is 23.2 Å². The first-order valence-electron chi connectivity index (χ1n) is 10.3. The third-order valence-corrected chi connectivity index (χ3v) is 5.44. The number of carbonyl (C=O) groups excluding carboxylic acids is 1. The van der Waals surface area contributed by atoms with Crippen LogP contribution in [0, 0.1) is 5.82 Å². The van der Waals surface area contributed by atoms with Gasteiger partial charge >= 0.3 is 0 Å². The Morgan fingerprint density at radius 1 is 1.00 bits per heavy atom. The number of fused-ring (bicyclic) bond motifs is 1. The van der Waals surface area contributed by atoms with E-state index in [1.54, 1.807) is 12.1 Å². The van der Waals surface area contributed by atoms with Gasteiger partial charge in [-0.25, -0.2) is 4.39 Å². The van der Waals surface area contributed by atoms with Gasteiger partial charge in [0.15, 0.2) is 5.82 Å². The first-order valence-corrected chi connectivity index (χ1v) is 10.3. The van der Waals surface area contributed by atoms with Crippen molar-refractivity contribution in [1.82, 2.24) is 10.2 Å². The molecule has 5 rings (SSSR count). The quantitative estimate of drug-likeness (QED) is 0.387. The van der Waals surface area contributed by atoms with Gasteiger partial charge in [-0.15, -0.1) is 0 Å². The number of nitrogens with one attached hydrogen (secondary N) is 3. The Morgan fingerprint density at radius 2 is 1.75 bits per heavy atom. The number of amides is 1. The smallest absolute Gasteiger partial charge is 0.226 e. The van der Waals surface area contributed by atoms with E-state index >= 15 is 0 Å². The van der Waals surface area contributed by atoms with Gasteiger partial charge in [0.25, 0.3) is 0 Å². The molecule has 1 aliphatic rings. The lowest BCUT2D eigenvalue weighted by Gasteiger charge is -2.23. The van der Waals surface area contributed by atoms with Crippen LogP contribution in [0.2, 0.25) is 0 Å². The molecular weight excluding hydrogens is 407 g/mol. The normalized spacial score (nSPS) is 15.0. The summed E-state index contributed by atoms with van der Waals surface area (Å²) in [5.74, 6) is 1.52. The monoisotopic (exact) mass is 428 g/mol. The molecule has 0 spiro atoms. The number of aromatic amines is 1. The minimum absolute atomic E-state index is 0.0723. The Labute approximate surface area is 184 Å². The van der Waals surface area contributed by atoms with Crippen molar-refractivity contribution in [3.05, 3.63) is 101 Å². The lowest BCUT2D eigenvalue weighted by molar-refractivity contribution is -0.116. The van der Waals surface area contributed by atoms with Gasteiger partial charge in [0.2, 0.25) is 5.91 Å². The largest absolute Gasteiger partial charge is 0.489 e. The van der Waals surface area contributed by atoms with E-state index in [0.717, 1.165) is 28.2 Å². The van der Waals surface area contributed by atoms with Crippen molar-refractivity contribution in [3.8, 4) is 5.75 Å². The standard InChI is InChI=1S/C25H21FN4O2/c26-18-10-6-16(7-11-18)15-32-20-12-8-17(9-13-20)21-14-22(31)28-25-23(21)24(29-30-25)27-19-4-2-1-3-5-19/h1-13,21H,14-15H2,(H3,27,28,29,30,31). The molecule has 0 saturated heterocycles. The molecule has 1 amide bonds. The Kier molecular flexibility index (Phi) is 5.29. The van der Waals surface area contributed by atoms with Gasteiger partial charge in [0.1, 0.15) is 24.0 Å². The molecule has 6 nitrogen and oxygen atoms in total. The third kappa shape index (κ3) is 4.18. The van der Waals surface area contributed by atoms with Crippen LogP contribution < -0.4 is 15.4 Å². The maximum absolute atomic E-state index is 13.1. The van der Waals surface area contributed by atoms with Crippen molar-refractivity contribution in [2.75, 3.05) is 10.6 Å². The van der Waals surface area contributed by atoms with E-state index in [2.05, 4.69) is 20.8 Å². The van der Waals surface area contributed by atoms with Crippen LogP contribution in [0.4, 0.5) is 21.7 Å². The Bertz CT molecular complexity index is 1220. The molecule has 3 N–H and O–H groups in total. The molecule has 1 unspecified atom stereocenters. The van der Waals surface area contributed by atoms with Crippen molar-refractivity contribution in [2.24, 2.45) is 0 Å². The van der Waals surface area contributed by atoms with E-state index in [9.17, 15) is 9.18 Å². The maximum Gasteiger partial charge on any atom is 0.226 e. The van der Waals surface area contributed by atoms with Crippen LogP contribution in [0.25, 0.3) is 0 Å². The zero-order valence-corrected chi connectivity index (χ0v) is 17.1. The average Bonchev–Trinajstić information content (AvgIpc) is 3.21. The highest BCUT2D eigenvalue weighted by atomic mass is 19.1. The number of aromatic nitrogens is 2. The predicted molar refractivity (Wildman–Crippen MR) is 121 cm³/mol. The fraction of sp³-hybridized carbons (Fsp3) is 0.120. The highest BCUT2D eigenvalue weighted by Gasteiger charge is 2.31. The number of halogens is 1. The zero-order chi connectivity index (χ0) is 21.9. The van der Waals surface area contributed by atoms with Crippen molar-refractivity contribution in [3.63, 3.8) is 0 Å². The molecule has 3 aromatic carbocycles. The van der Waals surface area contributed by atoms with Crippen LogP contribution in [0.1, 0.15) is 29.0 Å². The average molecular weight is 428 g/mol. The van der Waals surface area contributed by atoms with E-state index in [4.69, 9.17) is 4.74 Å². The lowest BCUT2D eigenvalue weighted by Crippen LogP contribution is -2.23. The number of para-hydroxylation sites is 1. The summed E-state index contributed by atoms with van der Waals surface area (Å²) in [6.45, 7) is 0.350. The molecule has 0 saturated carbocycles. The van der Waals surface area contributed by atoms with E-state index in [1.165, 1.54) is 12.1 Å². The fourth-order valence-electron chi connectivity index (χ4n) is 3.85. The molecule has 0 aliphatic carbocycles. The number of carbonyl (C=O) groups is 1. The number of benzene rings is 3. The van der Waals surface area contributed by atoms with Gasteiger partial charge in [0, 0.05) is 23.6 Å². The van der Waals surface area contributed by atoms with Crippen LogP contribution in [0.15, 0.2) is 78.9 Å². The van der Waals surface area contributed by atoms with E-state index in [-0.39, 0.29) is 17.6 Å². The van der Waals surface area contributed by atoms with Crippen molar-refractivity contribution in [2.45, 2.75) is 18.9 Å². The van der Waals surface area contributed by atoms with Crippen molar-refractivity contribution in [1.29, 1.82) is 0 Å². The summed E-state index contributed by atoms with van der Waals surface area (Å²) in [6.07, 6.45) is 0.325. The Hall–Kier alpha value is -4.13. The van der Waals surface area contributed by atoms with E-state index in [1.807, 2.05) is 54.6 Å². The first-order chi connectivity index (χ1) is 15.7. The molecular formula is C25H21FN4O2. The molecule has 1 aliphatic heterocycles. The zero-order valence-electron chi connectivity index (χ0n) is 17.1. The maximum atomic E-state index is 13.1. The van der Waals surface area contributed by atoms with Crippen LogP contribution in [-0.2, 0) is 11.4 Å². The van der Waals surface area contributed by atoms with Gasteiger partial charge in [-0.3, -0.25) is 9.89 Å². The molecule has 4 aromatic rings. The summed E-state index contributed by atoms with van der Waals surface area (Å²) < 4.78 is 18.9. The summed E-state index contributed by atoms with van der Waals surface area (Å²) in [6, 6.07) is 23.7. The molecule has 2 heterocycles. The number of H-pyrrole nitrogens is 1. The van der Waals surface area contributed by atoms with Gasteiger partial charge in [-0.05, 0) is 47.5 Å². The molecule has 7 heteroatoms. The number of rotatable bonds is 6. The minimum Gasteiger partial charge on any atom is -0.489 e. The Morgan fingerprint density at radius 3 is 2.50 bits per heavy atom. The summed E-state index contributed by atoms with van der Waals surface area (Å²) in [5.41, 5.74) is 3.74. The van der Waals surface area contributed by atoms with E-state index < -0.39 is 0 Å². The molecule has 1 atom stereocenters. The number of nitrogens with zero attached hydrogens (tertiary/aromatic N) is 1. The molecule has 0 radical (unpaired) electrons. The second-order valence-electron chi connectivity index (χ2n) is 7.64. The molecule has 0 bridgehead atoms. The summed E-state index contributed by atoms with van der Waals surface area (Å²) in [5, 5.41) is 13.5. The third-order valence-electron chi connectivity index (χ3n) is 5.44. The highest BCUT2D eigenvalue weighted by Crippen LogP contribution is 2.41. The van der Waals surface area contributed by atoms with Crippen molar-refractivity contribution < 1.29 is 13.9 Å². The second kappa shape index (κ2) is 8.55. The summed E-state index contributed by atoms with van der Waals surface area (Å²) >= 11 is 0. The predicted octanol–water partition coefficient (Wildman–Crippen LogP) is 5.35. The van der Waals surface area contributed by atoms with Crippen LogP contribution >= 0.6 is 0 Å². The SMILES string of the molecule is O=C1CC(c2ccc(OCc3ccc(F)cc3)cc2)c2c(n[nH]c2Nc2ccccc2)N1. The number of hydrogen-bond donors (Lipinski definition) is 3. The summed E-state index contributed by atoms with van der Waals surface area (Å²) in [7, 11) is 0. The van der Waals surface area contributed by atoms with Crippen LogP contribution in [-0.4, -0.2) is 16.1 Å². The van der Waals surface area contributed by atoms with Crippen LogP contribution in [0.3, 0.4) is 0 Å². The molecule has 0 fully saturated rings. The molecule has 1 aromatic heterocycles. The summed E-state index contributed by atoms with van der Waals surface area (Å²) in [4.78, 5) is 12.3. The van der Waals surface area contributed by atoms with Gasteiger partial charge < -0.3 is 15.4 Å². The lowest BCUT2D eigenvalue weighted by atomic mass is 9.86. The number of ether oxygens (including phenoxy) is 1. The van der Waals surface area contributed by atoms with E-state index in [0.29, 0.717) is 24.6 Å². The molecule has 160 valence electrons. The van der Waals surface area contributed by atoms with Gasteiger partial charge in [-0.2, -0.15) is 5.10 Å². The molecule has 32 heavy (non-hydrogen) atoms. The second-order valence-corrected chi connectivity index (χ2v) is 7.64. The fourth-order valence-corrected chi connectivity index (χ4v) is 3.85. The first kappa shape index (κ1) is 19.8. The van der Waals surface area contributed by atoms with Crippen LogP contribution in [0.5, 0.6) is 5.75 Å². The van der Waals surface area contributed by atoms with Gasteiger partial charge in [-0.1, -0.05) is 42.5 Å². The number of anilines is 3. The minimum atomic E-state index is -0.269. The topological polar surface area (TPSA) is 79.0 Å².